The molecule has 2 rings (SSSR count). The number of hydrogen-bond acceptors (Lipinski definition) is 2. The van der Waals surface area contributed by atoms with Crippen LogP contribution in [-0.2, 0) is 5.41 Å². The molecule has 0 amide bonds. The first kappa shape index (κ1) is 17.4. The first-order valence-corrected chi connectivity index (χ1v) is 12.2. The molecule has 0 heterocycles. The van der Waals surface area contributed by atoms with Crippen molar-refractivity contribution in [3.63, 3.8) is 0 Å². The van der Waals surface area contributed by atoms with E-state index in [1.165, 1.54) is 16.0 Å². The van der Waals surface area contributed by atoms with Crippen LogP contribution in [0.3, 0.4) is 0 Å². The number of hydrogen-bond donors (Lipinski definition) is 0. The van der Waals surface area contributed by atoms with E-state index in [0.29, 0.717) is 5.25 Å². The summed E-state index contributed by atoms with van der Waals surface area (Å²) in [6.45, 7) is 15.7. The van der Waals surface area contributed by atoms with Crippen LogP contribution in [0.25, 0.3) is 0 Å². The van der Waals surface area contributed by atoms with Crippen LogP contribution in [-0.4, -0.2) is 13.6 Å². The fourth-order valence-electron chi connectivity index (χ4n) is 2.43. The van der Waals surface area contributed by atoms with E-state index in [0.717, 1.165) is 5.75 Å². The molecule has 1 nitrogen and oxygen atoms in total. The minimum Gasteiger partial charge on any atom is -0.543 e. The Kier molecular flexibility index (Phi) is 4.98. The van der Waals surface area contributed by atoms with Crippen LogP contribution in [0.1, 0.15) is 31.9 Å². The van der Waals surface area contributed by atoms with Crippen molar-refractivity contribution in [1.29, 1.82) is 0 Å². The van der Waals surface area contributed by atoms with Crippen molar-refractivity contribution in [1.82, 2.24) is 0 Å². The molecule has 0 radical (unpaired) electrons. The molecule has 0 spiro atoms. The molecule has 1 aliphatic carbocycles. The van der Waals surface area contributed by atoms with Gasteiger partial charge in [-0.15, -0.1) is 11.8 Å². The summed E-state index contributed by atoms with van der Waals surface area (Å²) in [7, 11) is -1.66. The Hall–Kier alpha value is -0.933. The predicted molar refractivity (Wildman–Crippen MR) is 102 cm³/mol. The summed E-state index contributed by atoms with van der Waals surface area (Å²) < 4.78 is 6.53. The van der Waals surface area contributed by atoms with Gasteiger partial charge in [0.15, 0.2) is 0 Å². The van der Waals surface area contributed by atoms with Crippen LogP contribution in [0.5, 0.6) is 5.75 Å². The second-order valence-corrected chi connectivity index (χ2v) is 13.6. The fraction of sp³-hybridized carbons (Fsp3) is 0.474. The zero-order chi connectivity index (χ0) is 16.5. The standard InChI is InChI=1S/C19H28OSSi/c1-14-12-16(19(2,3)4)18(20-22(5,6)7)17(13-14)21-15-10-8-9-11-15/h8-13,15H,1-7H3. The fourth-order valence-corrected chi connectivity index (χ4v) is 4.48. The first-order chi connectivity index (χ1) is 10.1. The molecule has 1 aromatic rings. The maximum absolute atomic E-state index is 6.53. The highest BCUT2D eigenvalue weighted by Crippen LogP contribution is 2.43. The van der Waals surface area contributed by atoms with Crippen molar-refractivity contribution < 1.29 is 4.43 Å². The first-order valence-electron chi connectivity index (χ1n) is 7.92. The van der Waals surface area contributed by atoms with Gasteiger partial charge in [0.2, 0.25) is 8.32 Å². The molecule has 0 N–H and O–H groups in total. The molecule has 0 fully saturated rings. The van der Waals surface area contributed by atoms with E-state index in [2.05, 4.69) is 83.8 Å². The molecule has 1 aliphatic rings. The molecular weight excluding hydrogens is 304 g/mol. The summed E-state index contributed by atoms with van der Waals surface area (Å²) in [6.07, 6.45) is 8.72. The van der Waals surface area contributed by atoms with Gasteiger partial charge < -0.3 is 4.43 Å². The summed E-state index contributed by atoms with van der Waals surface area (Å²) >= 11 is 1.89. The molecule has 120 valence electrons. The molecule has 0 aliphatic heterocycles. The molecule has 3 heteroatoms. The third-order valence-corrected chi connectivity index (χ3v) is 5.35. The lowest BCUT2D eigenvalue weighted by molar-refractivity contribution is 0.497. The quantitative estimate of drug-likeness (QED) is 0.617. The van der Waals surface area contributed by atoms with E-state index in [1.807, 2.05) is 11.8 Å². The zero-order valence-corrected chi connectivity index (χ0v) is 16.7. The van der Waals surface area contributed by atoms with Gasteiger partial charge in [0.1, 0.15) is 5.75 Å². The van der Waals surface area contributed by atoms with Crippen LogP contribution in [0.4, 0.5) is 0 Å². The second kappa shape index (κ2) is 6.29. The van der Waals surface area contributed by atoms with Crippen molar-refractivity contribution in [3.05, 3.63) is 47.6 Å². The van der Waals surface area contributed by atoms with E-state index >= 15 is 0 Å². The number of benzene rings is 1. The summed E-state index contributed by atoms with van der Waals surface area (Å²) in [6, 6.07) is 4.56. The third-order valence-electron chi connectivity index (χ3n) is 3.39. The van der Waals surface area contributed by atoms with E-state index in [-0.39, 0.29) is 5.41 Å². The Bertz CT molecular complexity index is 591. The number of thioether (sulfide) groups is 1. The normalized spacial score (nSPS) is 15.6. The van der Waals surface area contributed by atoms with Gasteiger partial charge in [-0.25, -0.2) is 0 Å². The van der Waals surface area contributed by atoms with Gasteiger partial charge in [-0.05, 0) is 49.2 Å². The SMILES string of the molecule is Cc1cc(SC2C=CC=C2)c(O[Si](C)(C)C)c(C(C)(C)C)c1. The van der Waals surface area contributed by atoms with E-state index in [1.54, 1.807) is 0 Å². The Morgan fingerprint density at radius 2 is 1.64 bits per heavy atom. The summed E-state index contributed by atoms with van der Waals surface area (Å²) in [5.74, 6) is 1.11. The van der Waals surface area contributed by atoms with Gasteiger partial charge in [0.25, 0.3) is 0 Å². The lowest BCUT2D eigenvalue weighted by atomic mass is 9.85. The van der Waals surface area contributed by atoms with E-state index < -0.39 is 8.32 Å². The number of rotatable bonds is 4. The number of allylic oxidation sites excluding steroid dienone is 2. The molecule has 1 aromatic carbocycles. The molecular formula is C19H28OSSi. The second-order valence-electron chi connectivity index (χ2n) is 7.96. The topological polar surface area (TPSA) is 9.23 Å². The molecule has 0 saturated heterocycles. The lowest BCUT2D eigenvalue weighted by Gasteiger charge is -2.30. The van der Waals surface area contributed by atoms with Crippen LogP contribution in [0.15, 0.2) is 41.3 Å². The van der Waals surface area contributed by atoms with Crippen LogP contribution in [0, 0.1) is 6.92 Å². The monoisotopic (exact) mass is 332 g/mol. The van der Waals surface area contributed by atoms with Crippen molar-refractivity contribution in [3.8, 4) is 5.75 Å². The van der Waals surface area contributed by atoms with Gasteiger partial charge in [-0.1, -0.05) is 51.1 Å². The highest BCUT2D eigenvalue weighted by molar-refractivity contribution is 8.00. The molecule has 22 heavy (non-hydrogen) atoms. The highest BCUT2D eigenvalue weighted by atomic mass is 32.2. The Morgan fingerprint density at radius 1 is 1.05 bits per heavy atom. The largest absolute Gasteiger partial charge is 0.543 e. The summed E-state index contributed by atoms with van der Waals surface area (Å²) in [5, 5.41) is 0.415. The molecule has 0 saturated carbocycles. The summed E-state index contributed by atoms with van der Waals surface area (Å²) in [4.78, 5) is 1.27. The maximum Gasteiger partial charge on any atom is 0.242 e. The molecule has 0 unspecified atom stereocenters. The van der Waals surface area contributed by atoms with Gasteiger partial charge in [0, 0.05) is 10.1 Å². The minimum atomic E-state index is -1.66. The van der Waals surface area contributed by atoms with Crippen molar-refractivity contribution >= 4 is 20.1 Å². The Morgan fingerprint density at radius 3 is 2.14 bits per heavy atom. The maximum atomic E-state index is 6.53. The summed E-state index contributed by atoms with van der Waals surface area (Å²) in [5.41, 5.74) is 2.71. The van der Waals surface area contributed by atoms with Crippen LogP contribution < -0.4 is 4.43 Å². The Labute approximate surface area is 141 Å². The smallest absolute Gasteiger partial charge is 0.242 e. The molecule has 0 aromatic heterocycles. The van der Waals surface area contributed by atoms with Crippen LogP contribution in [0.2, 0.25) is 19.6 Å². The van der Waals surface area contributed by atoms with E-state index in [4.69, 9.17) is 4.43 Å². The average molecular weight is 333 g/mol. The lowest BCUT2D eigenvalue weighted by Crippen LogP contribution is -2.31. The minimum absolute atomic E-state index is 0.0810. The molecule has 0 bridgehead atoms. The van der Waals surface area contributed by atoms with Gasteiger partial charge in [-0.2, -0.15) is 0 Å². The third kappa shape index (κ3) is 4.53. The number of aryl methyl sites for hydroxylation is 1. The van der Waals surface area contributed by atoms with Crippen molar-refractivity contribution in [2.24, 2.45) is 0 Å². The highest BCUT2D eigenvalue weighted by Gasteiger charge is 2.27. The van der Waals surface area contributed by atoms with E-state index in [9.17, 15) is 0 Å². The zero-order valence-electron chi connectivity index (χ0n) is 14.9. The van der Waals surface area contributed by atoms with Gasteiger partial charge in [-0.3, -0.25) is 0 Å². The van der Waals surface area contributed by atoms with Crippen LogP contribution >= 0.6 is 11.8 Å². The average Bonchev–Trinajstić information content (AvgIpc) is 2.82. The molecule has 0 atom stereocenters. The van der Waals surface area contributed by atoms with Crippen molar-refractivity contribution in [2.45, 2.75) is 62.9 Å². The van der Waals surface area contributed by atoms with Gasteiger partial charge >= 0.3 is 0 Å². The Balaban J connectivity index is 2.51. The predicted octanol–water partition coefficient (Wildman–Crippen LogP) is 6.09. The van der Waals surface area contributed by atoms with Gasteiger partial charge in [0.05, 0.1) is 0 Å². The van der Waals surface area contributed by atoms with Crippen molar-refractivity contribution in [2.75, 3.05) is 0 Å².